The smallest absolute Gasteiger partial charge is 0.140 e. The van der Waals surface area contributed by atoms with Gasteiger partial charge in [0.2, 0.25) is 0 Å². The maximum atomic E-state index is 12.7. The predicted molar refractivity (Wildman–Crippen MR) is 65.8 cm³/mol. The molecule has 4 N–H and O–H groups in total. The number of hydrogen-bond acceptors (Lipinski definition) is 4. The Kier molecular flexibility index (Phi) is 3.52. The van der Waals surface area contributed by atoms with E-state index in [1.807, 2.05) is 6.07 Å². The fraction of sp³-hybridized carbons (Fsp3) is 0.0833. The first-order valence-electron chi connectivity index (χ1n) is 5.19. The number of anilines is 2. The predicted octanol–water partition coefficient (Wildman–Crippen LogP) is 2.12. The van der Waals surface area contributed by atoms with E-state index in [4.69, 9.17) is 5.84 Å². The number of benzene rings is 1. The first-order valence-corrected chi connectivity index (χ1v) is 5.19. The van der Waals surface area contributed by atoms with Crippen LogP contribution in [0.5, 0.6) is 0 Å². The van der Waals surface area contributed by atoms with E-state index in [9.17, 15) is 4.39 Å². The Morgan fingerprint density at radius 3 is 2.47 bits per heavy atom. The Hall–Kier alpha value is -2.14. The number of aromatic nitrogens is 1. The van der Waals surface area contributed by atoms with Crippen LogP contribution in [0.15, 0.2) is 42.6 Å². The molecule has 0 atom stereocenters. The van der Waals surface area contributed by atoms with Gasteiger partial charge < -0.3 is 10.7 Å². The van der Waals surface area contributed by atoms with E-state index in [1.54, 1.807) is 24.4 Å². The number of nitrogen functional groups attached to an aromatic ring is 1. The molecule has 0 aliphatic rings. The third-order valence-electron chi connectivity index (χ3n) is 2.32. The lowest BCUT2D eigenvalue weighted by atomic mass is 10.2. The lowest BCUT2D eigenvalue weighted by Crippen LogP contribution is -2.08. The fourth-order valence-corrected chi connectivity index (χ4v) is 1.39. The zero-order valence-corrected chi connectivity index (χ0v) is 9.15. The normalized spacial score (nSPS) is 10.0. The average molecular weight is 232 g/mol. The molecule has 4 nitrogen and oxygen atoms in total. The largest absolute Gasteiger partial charge is 0.380 e. The molecular weight excluding hydrogens is 219 g/mol. The van der Waals surface area contributed by atoms with Crippen LogP contribution in [0.4, 0.5) is 15.9 Å². The molecule has 0 spiro atoms. The molecule has 0 saturated heterocycles. The summed E-state index contributed by atoms with van der Waals surface area (Å²) in [6.45, 7) is 0.622. The summed E-state index contributed by atoms with van der Waals surface area (Å²) in [5.74, 6) is 5.59. The fourth-order valence-electron chi connectivity index (χ4n) is 1.39. The van der Waals surface area contributed by atoms with Crippen molar-refractivity contribution in [3.63, 3.8) is 0 Å². The van der Waals surface area contributed by atoms with Gasteiger partial charge in [0.1, 0.15) is 11.6 Å². The van der Waals surface area contributed by atoms with E-state index in [0.717, 1.165) is 11.3 Å². The monoisotopic (exact) mass is 232 g/mol. The van der Waals surface area contributed by atoms with E-state index >= 15 is 0 Å². The molecule has 2 aromatic rings. The van der Waals surface area contributed by atoms with Crippen molar-refractivity contribution in [2.75, 3.05) is 10.7 Å². The minimum absolute atomic E-state index is 0.228. The summed E-state index contributed by atoms with van der Waals surface area (Å²) in [7, 11) is 0. The quantitative estimate of drug-likeness (QED) is 0.558. The zero-order chi connectivity index (χ0) is 12.1. The maximum absolute atomic E-state index is 12.7. The minimum Gasteiger partial charge on any atom is -0.380 e. The van der Waals surface area contributed by atoms with Crippen molar-refractivity contribution >= 4 is 11.5 Å². The first-order chi connectivity index (χ1) is 8.28. The van der Waals surface area contributed by atoms with Crippen LogP contribution >= 0.6 is 0 Å². The number of nitrogens with zero attached hydrogens (tertiary/aromatic N) is 1. The third kappa shape index (κ3) is 3.15. The third-order valence-corrected chi connectivity index (χ3v) is 2.32. The van der Waals surface area contributed by atoms with E-state index in [0.29, 0.717) is 12.4 Å². The SMILES string of the molecule is NNc1ccc(NCc2ccc(F)cc2)cn1. The zero-order valence-electron chi connectivity index (χ0n) is 9.15. The van der Waals surface area contributed by atoms with Crippen molar-refractivity contribution in [1.82, 2.24) is 4.98 Å². The van der Waals surface area contributed by atoms with Gasteiger partial charge in [0.15, 0.2) is 0 Å². The van der Waals surface area contributed by atoms with Gasteiger partial charge in [0, 0.05) is 6.54 Å². The molecule has 0 bridgehead atoms. The topological polar surface area (TPSA) is 63.0 Å². The van der Waals surface area contributed by atoms with Gasteiger partial charge >= 0.3 is 0 Å². The van der Waals surface area contributed by atoms with Crippen LogP contribution in [0.1, 0.15) is 5.56 Å². The van der Waals surface area contributed by atoms with Crippen molar-refractivity contribution in [3.05, 3.63) is 54.0 Å². The van der Waals surface area contributed by atoms with Crippen LogP contribution < -0.4 is 16.6 Å². The molecule has 1 aromatic heterocycles. The molecule has 0 aliphatic carbocycles. The van der Waals surface area contributed by atoms with Crippen LogP contribution in [-0.4, -0.2) is 4.98 Å². The standard InChI is InChI=1S/C12H13FN4/c13-10-3-1-9(2-4-10)7-15-11-5-6-12(17-14)16-8-11/h1-6,8,15H,7,14H2,(H,16,17). The molecule has 0 aliphatic heterocycles. The molecule has 0 saturated carbocycles. The number of hydrogen-bond donors (Lipinski definition) is 3. The van der Waals surface area contributed by atoms with Gasteiger partial charge in [-0.3, -0.25) is 0 Å². The van der Waals surface area contributed by atoms with Crippen LogP contribution in [0.2, 0.25) is 0 Å². The number of nitrogens with two attached hydrogens (primary N) is 1. The summed E-state index contributed by atoms with van der Waals surface area (Å²) in [5.41, 5.74) is 4.34. The summed E-state index contributed by atoms with van der Waals surface area (Å²) in [5, 5.41) is 3.18. The van der Waals surface area contributed by atoms with Gasteiger partial charge in [0.05, 0.1) is 11.9 Å². The number of pyridine rings is 1. The summed E-state index contributed by atoms with van der Waals surface area (Å²) in [4.78, 5) is 4.06. The van der Waals surface area contributed by atoms with Gasteiger partial charge in [0.25, 0.3) is 0 Å². The van der Waals surface area contributed by atoms with E-state index in [1.165, 1.54) is 12.1 Å². The van der Waals surface area contributed by atoms with Crippen LogP contribution in [-0.2, 0) is 6.54 Å². The van der Waals surface area contributed by atoms with Crippen LogP contribution in [0.3, 0.4) is 0 Å². The molecule has 0 radical (unpaired) electrons. The lowest BCUT2D eigenvalue weighted by molar-refractivity contribution is 0.627. The first kappa shape index (κ1) is 11.3. The number of nitrogens with one attached hydrogen (secondary N) is 2. The van der Waals surface area contributed by atoms with E-state index in [2.05, 4.69) is 15.7 Å². The molecule has 5 heteroatoms. The van der Waals surface area contributed by atoms with Gasteiger partial charge in [-0.15, -0.1) is 0 Å². The van der Waals surface area contributed by atoms with Crippen molar-refractivity contribution < 1.29 is 4.39 Å². The van der Waals surface area contributed by atoms with Crippen molar-refractivity contribution in [2.45, 2.75) is 6.54 Å². The van der Waals surface area contributed by atoms with Gasteiger partial charge in [-0.05, 0) is 29.8 Å². The van der Waals surface area contributed by atoms with Gasteiger partial charge in [-0.1, -0.05) is 12.1 Å². The number of rotatable bonds is 4. The molecule has 0 unspecified atom stereocenters. The molecule has 1 heterocycles. The highest BCUT2D eigenvalue weighted by molar-refractivity contribution is 5.47. The molecule has 0 fully saturated rings. The summed E-state index contributed by atoms with van der Waals surface area (Å²) >= 11 is 0. The van der Waals surface area contributed by atoms with Crippen LogP contribution in [0.25, 0.3) is 0 Å². The second kappa shape index (κ2) is 5.27. The average Bonchev–Trinajstić information content (AvgIpc) is 2.39. The van der Waals surface area contributed by atoms with Gasteiger partial charge in [-0.25, -0.2) is 15.2 Å². The maximum Gasteiger partial charge on any atom is 0.140 e. The van der Waals surface area contributed by atoms with E-state index in [-0.39, 0.29) is 5.82 Å². The Labute approximate surface area is 98.6 Å². The highest BCUT2D eigenvalue weighted by Gasteiger charge is 1.96. The Bertz CT molecular complexity index is 467. The summed E-state index contributed by atoms with van der Waals surface area (Å²) in [6.07, 6.45) is 1.68. The summed E-state index contributed by atoms with van der Waals surface area (Å²) < 4.78 is 12.7. The molecule has 88 valence electrons. The minimum atomic E-state index is -0.228. The molecular formula is C12H13FN4. The van der Waals surface area contributed by atoms with Crippen molar-refractivity contribution in [2.24, 2.45) is 5.84 Å². The Balaban J connectivity index is 1.95. The highest BCUT2D eigenvalue weighted by atomic mass is 19.1. The Morgan fingerprint density at radius 2 is 1.88 bits per heavy atom. The summed E-state index contributed by atoms with van der Waals surface area (Å²) in [6, 6.07) is 10.0. The van der Waals surface area contributed by atoms with Crippen LogP contribution in [0, 0.1) is 5.82 Å². The number of hydrazine groups is 1. The second-order valence-corrected chi connectivity index (χ2v) is 3.56. The van der Waals surface area contributed by atoms with E-state index < -0.39 is 0 Å². The molecule has 2 rings (SSSR count). The number of halogens is 1. The molecule has 0 amide bonds. The molecule has 17 heavy (non-hydrogen) atoms. The Morgan fingerprint density at radius 1 is 1.12 bits per heavy atom. The molecule has 1 aromatic carbocycles. The second-order valence-electron chi connectivity index (χ2n) is 3.56. The van der Waals surface area contributed by atoms with Crippen molar-refractivity contribution in [1.29, 1.82) is 0 Å². The van der Waals surface area contributed by atoms with Gasteiger partial charge in [-0.2, -0.15) is 0 Å². The van der Waals surface area contributed by atoms with Crippen molar-refractivity contribution in [3.8, 4) is 0 Å². The highest BCUT2D eigenvalue weighted by Crippen LogP contribution is 2.10. The lowest BCUT2D eigenvalue weighted by Gasteiger charge is -2.06.